The van der Waals surface area contributed by atoms with Crippen LogP contribution in [0.25, 0.3) is 0 Å². The maximum atomic E-state index is 8.37. The number of anilines is 1. The summed E-state index contributed by atoms with van der Waals surface area (Å²) in [6.45, 7) is 7.88. The third kappa shape index (κ3) is 2.86. The number of aryl methyl sites for hydroxylation is 2. The molecule has 0 radical (unpaired) electrons. The van der Waals surface area contributed by atoms with Crippen LogP contribution in [0.1, 0.15) is 24.4 Å². The lowest BCUT2D eigenvalue weighted by Gasteiger charge is -1.83. The third-order valence-corrected chi connectivity index (χ3v) is 2.10. The zero-order chi connectivity index (χ0) is 8.85. The highest BCUT2D eigenvalue weighted by atomic mass is 32.1. The molecule has 0 aromatic carbocycles. The average Bonchev–Trinajstić information content (AvgIpc) is 2.36. The molecule has 0 bridgehead atoms. The van der Waals surface area contributed by atoms with Gasteiger partial charge in [-0.1, -0.05) is 13.8 Å². The molecule has 0 aliphatic rings. The third-order valence-electron chi connectivity index (χ3n) is 1.12. The molecule has 0 aliphatic heterocycles. The van der Waals surface area contributed by atoms with Crippen molar-refractivity contribution in [1.82, 2.24) is 4.98 Å². The first-order chi connectivity index (χ1) is 5.24. The molecule has 1 rings (SSSR count). The highest BCUT2D eigenvalue weighted by Crippen LogP contribution is 2.19. The number of hydrogen-bond acceptors (Lipinski definition) is 4. The van der Waals surface area contributed by atoms with Crippen LogP contribution < -0.4 is 5.48 Å². The Morgan fingerprint density at radius 1 is 1.36 bits per heavy atom. The SMILES string of the molecule is CC.Cc1nc(NO)sc1C. The average molecular weight is 174 g/mol. The smallest absolute Gasteiger partial charge is 0.207 e. The van der Waals surface area contributed by atoms with E-state index in [9.17, 15) is 0 Å². The molecule has 0 saturated carbocycles. The number of rotatable bonds is 1. The highest BCUT2D eigenvalue weighted by Gasteiger charge is 1.99. The van der Waals surface area contributed by atoms with Gasteiger partial charge in [0.1, 0.15) is 0 Å². The van der Waals surface area contributed by atoms with Gasteiger partial charge in [0.2, 0.25) is 5.13 Å². The van der Waals surface area contributed by atoms with E-state index in [2.05, 4.69) is 4.98 Å². The van der Waals surface area contributed by atoms with E-state index in [0.717, 1.165) is 10.6 Å². The summed E-state index contributed by atoms with van der Waals surface area (Å²) >= 11 is 1.44. The van der Waals surface area contributed by atoms with E-state index >= 15 is 0 Å². The number of aromatic nitrogens is 1. The van der Waals surface area contributed by atoms with Crippen LogP contribution in [0, 0.1) is 13.8 Å². The molecule has 3 nitrogen and oxygen atoms in total. The Balaban J connectivity index is 0.000000461. The van der Waals surface area contributed by atoms with Crippen molar-refractivity contribution in [1.29, 1.82) is 0 Å². The second-order valence-electron chi connectivity index (χ2n) is 1.77. The summed E-state index contributed by atoms with van der Waals surface area (Å²) in [6, 6.07) is 0. The van der Waals surface area contributed by atoms with Gasteiger partial charge in [0.15, 0.2) is 0 Å². The van der Waals surface area contributed by atoms with Crippen molar-refractivity contribution in [3.63, 3.8) is 0 Å². The predicted molar refractivity (Wildman–Crippen MR) is 48.3 cm³/mol. The van der Waals surface area contributed by atoms with Gasteiger partial charge in [0, 0.05) is 4.88 Å². The molecule has 0 amide bonds. The van der Waals surface area contributed by atoms with Gasteiger partial charge in [0.05, 0.1) is 5.69 Å². The zero-order valence-corrected chi connectivity index (χ0v) is 8.12. The summed E-state index contributed by atoms with van der Waals surface area (Å²) < 4.78 is 0. The summed E-state index contributed by atoms with van der Waals surface area (Å²) in [7, 11) is 0. The van der Waals surface area contributed by atoms with Gasteiger partial charge < -0.3 is 0 Å². The lowest BCUT2D eigenvalue weighted by molar-refractivity contribution is 0.388. The molecular weight excluding hydrogens is 160 g/mol. The lowest BCUT2D eigenvalue weighted by Crippen LogP contribution is -1.86. The van der Waals surface area contributed by atoms with E-state index < -0.39 is 0 Å². The Labute approximate surface area is 71.1 Å². The topological polar surface area (TPSA) is 45.2 Å². The van der Waals surface area contributed by atoms with Gasteiger partial charge in [-0.05, 0) is 13.8 Å². The summed E-state index contributed by atoms with van der Waals surface area (Å²) in [5.74, 6) is 0. The van der Waals surface area contributed by atoms with Crippen LogP contribution in [-0.4, -0.2) is 10.2 Å². The molecule has 2 N–H and O–H groups in total. The highest BCUT2D eigenvalue weighted by molar-refractivity contribution is 7.15. The van der Waals surface area contributed by atoms with Crippen molar-refractivity contribution >= 4 is 16.5 Å². The maximum absolute atomic E-state index is 8.37. The Kier molecular flexibility index (Phi) is 4.81. The van der Waals surface area contributed by atoms with Crippen LogP contribution in [0.5, 0.6) is 0 Å². The monoisotopic (exact) mass is 174 g/mol. The summed E-state index contributed by atoms with van der Waals surface area (Å²) in [4.78, 5) is 5.12. The molecule has 4 heteroatoms. The molecule has 11 heavy (non-hydrogen) atoms. The fraction of sp³-hybridized carbons (Fsp3) is 0.571. The van der Waals surface area contributed by atoms with Gasteiger partial charge in [-0.25, -0.2) is 10.5 Å². The lowest BCUT2D eigenvalue weighted by atomic mass is 10.4. The molecule has 1 aromatic heterocycles. The molecular formula is C7H14N2OS. The van der Waals surface area contributed by atoms with E-state index in [1.165, 1.54) is 11.3 Å². The van der Waals surface area contributed by atoms with Crippen molar-refractivity contribution < 1.29 is 5.21 Å². The second-order valence-corrected chi connectivity index (χ2v) is 2.98. The molecule has 0 fully saturated rings. The fourth-order valence-electron chi connectivity index (χ4n) is 0.521. The van der Waals surface area contributed by atoms with Crippen LogP contribution in [0.3, 0.4) is 0 Å². The molecule has 1 heterocycles. The van der Waals surface area contributed by atoms with Gasteiger partial charge >= 0.3 is 0 Å². The van der Waals surface area contributed by atoms with E-state index in [4.69, 9.17) is 5.21 Å². The van der Waals surface area contributed by atoms with Gasteiger partial charge in [-0.15, -0.1) is 11.3 Å². The van der Waals surface area contributed by atoms with E-state index in [1.54, 1.807) is 0 Å². The van der Waals surface area contributed by atoms with Crippen molar-refractivity contribution in [3.8, 4) is 0 Å². The van der Waals surface area contributed by atoms with Gasteiger partial charge in [0.25, 0.3) is 0 Å². The summed E-state index contributed by atoms with van der Waals surface area (Å²) in [5.41, 5.74) is 2.97. The second kappa shape index (κ2) is 5.09. The van der Waals surface area contributed by atoms with Crippen LogP contribution in [0.15, 0.2) is 0 Å². The minimum Gasteiger partial charge on any atom is -0.289 e. The minimum absolute atomic E-state index is 0.560. The van der Waals surface area contributed by atoms with Crippen molar-refractivity contribution in [3.05, 3.63) is 10.6 Å². The molecule has 0 spiro atoms. The largest absolute Gasteiger partial charge is 0.289 e. The maximum Gasteiger partial charge on any atom is 0.207 e. The van der Waals surface area contributed by atoms with E-state index in [1.807, 2.05) is 33.2 Å². The fourth-order valence-corrected chi connectivity index (χ4v) is 1.23. The molecule has 1 aromatic rings. The number of hydrogen-bond donors (Lipinski definition) is 2. The molecule has 0 unspecified atom stereocenters. The summed E-state index contributed by atoms with van der Waals surface area (Å²) in [6.07, 6.45) is 0. The molecule has 64 valence electrons. The number of nitrogens with one attached hydrogen (secondary N) is 1. The molecule has 0 saturated heterocycles. The first-order valence-corrected chi connectivity index (χ1v) is 4.40. The zero-order valence-electron chi connectivity index (χ0n) is 7.30. The minimum atomic E-state index is 0.560. The Morgan fingerprint density at radius 2 is 1.91 bits per heavy atom. The van der Waals surface area contributed by atoms with E-state index in [0.29, 0.717) is 5.13 Å². The first kappa shape index (κ1) is 10.4. The number of nitrogens with zero attached hydrogens (tertiary/aromatic N) is 1. The quantitative estimate of drug-likeness (QED) is 0.643. The van der Waals surface area contributed by atoms with Crippen molar-refractivity contribution in [2.45, 2.75) is 27.7 Å². The van der Waals surface area contributed by atoms with Crippen LogP contribution >= 0.6 is 11.3 Å². The molecule has 0 atom stereocenters. The standard InChI is InChI=1S/C5H8N2OS.C2H6/c1-3-4(2)9-5(6-3)7-8;1-2/h8H,1-2H3,(H,6,7);1-2H3. The molecule has 0 aliphatic carbocycles. The van der Waals surface area contributed by atoms with Gasteiger partial charge in [-0.3, -0.25) is 5.21 Å². The Hall–Kier alpha value is -0.610. The van der Waals surface area contributed by atoms with E-state index in [-0.39, 0.29) is 0 Å². The van der Waals surface area contributed by atoms with Crippen LogP contribution in [0.2, 0.25) is 0 Å². The normalized spacial score (nSPS) is 8.45. The first-order valence-electron chi connectivity index (χ1n) is 3.58. The van der Waals surface area contributed by atoms with Crippen LogP contribution in [0.4, 0.5) is 5.13 Å². The van der Waals surface area contributed by atoms with Crippen molar-refractivity contribution in [2.75, 3.05) is 5.48 Å². The van der Waals surface area contributed by atoms with Crippen LogP contribution in [-0.2, 0) is 0 Å². The van der Waals surface area contributed by atoms with Gasteiger partial charge in [-0.2, -0.15) is 0 Å². The Bertz CT molecular complexity index is 191. The number of thiazole rings is 1. The summed E-state index contributed by atoms with van der Waals surface area (Å²) in [5, 5.41) is 8.93. The van der Waals surface area contributed by atoms with Crippen molar-refractivity contribution in [2.24, 2.45) is 0 Å². The Morgan fingerprint density at radius 3 is 2.09 bits per heavy atom. The predicted octanol–water partition coefficient (Wildman–Crippen LogP) is 2.59.